The zero-order chi connectivity index (χ0) is 14.5. The average Bonchev–Trinajstić information content (AvgIpc) is 2.47. The van der Waals surface area contributed by atoms with Crippen molar-refractivity contribution in [2.45, 2.75) is 18.3 Å². The Hall–Kier alpha value is -1.87. The lowest BCUT2D eigenvalue weighted by molar-refractivity contribution is -0.121. The molecule has 2 nitrogen and oxygen atoms in total. The monoisotopic (exact) mass is 291 g/mol. The molecule has 2 rings (SSSR count). The molecule has 1 N–H and O–H groups in total. The second-order valence-electron chi connectivity index (χ2n) is 4.56. The number of benzene rings is 2. The van der Waals surface area contributed by atoms with E-state index in [4.69, 9.17) is 11.6 Å². The van der Waals surface area contributed by atoms with Crippen LogP contribution in [0.2, 0.25) is 0 Å². The van der Waals surface area contributed by atoms with Crippen LogP contribution in [-0.2, 0) is 4.79 Å². The minimum absolute atomic E-state index is 0.297. The van der Waals surface area contributed by atoms with Crippen molar-refractivity contribution in [1.29, 1.82) is 0 Å². The van der Waals surface area contributed by atoms with E-state index in [0.29, 0.717) is 5.56 Å². The SMILES string of the molecule is C[C@H](NC(=O)C(Cl)c1ccccc1)c1cccc(F)c1. The molecule has 2 atom stereocenters. The first-order valence-corrected chi connectivity index (χ1v) is 6.76. The molecule has 0 saturated carbocycles. The van der Waals surface area contributed by atoms with Gasteiger partial charge >= 0.3 is 0 Å². The average molecular weight is 292 g/mol. The lowest BCUT2D eigenvalue weighted by Gasteiger charge is -2.17. The first-order chi connectivity index (χ1) is 9.58. The van der Waals surface area contributed by atoms with Crippen molar-refractivity contribution >= 4 is 17.5 Å². The van der Waals surface area contributed by atoms with Gasteiger partial charge in [-0.2, -0.15) is 0 Å². The summed E-state index contributed by atoms with van der Waals surface area (Å²) in [5, 5.41) is 2.03. The maximum atomic E-state index is 13.1. The van der Waals surface area contributed by atoms with Crippen LogP contribution < -0.4 is 5.32 Å². The van der Waals surface area contributed by atoms with Crippen molar-refractivity contribution in [2.75, 3.05) is 0 Å². The number of carbonyl (C=O) groups excluding carboxylic acids is 1. The van der Waals surface area contributed by atoms with Crippen LogP contribution in [-0.4, -0.2) is 5.91 Å². The highest BCUT2D eigenvalue weighted by Gasteiger charge is 2.19. The molecule has 4 heteroatoms. The zero-order valence-electron chi connectivity index (χ0n) is 11.0. The summed E-state index contributed by atoms with van der Waals surface area (Å²) in [4.78, 5) is 12.1. The van der Waals surface area contributed by atoms with Crippen molar-refractivity contribution in [3.8, 4) is 0 Å². The van der Waals surface area contributed by atoms with Gasteiger partial charge in [-0.15, -0.1) is 11.6 Å². The summed E-state index contributed by atoms with van der Waals surface area (Å²) in [6, 6.07) is 14.9. The Balaban J connectivity index is 2.04. The van der Waals surface area contributed by atoms with Crippen molar-refractivity contribution in [3.63, 3.8) is 0 Å². The Bertz CT molecular complexity index is 588. The first-order valence-electron chi connectivity index (χ1n) is 6.33. The molecular formula is C16H15ClFNO. The summed E-state index contributed by atoms with van der Waals surface area (Å²) < 4.78 is 13.1. The Morgan fingerprint density at radius 1 is 1.10 bits per heavy atom. The highest BCUT2D eigenvalue weighted by molar-refractivity contribution is 6.30. The summed E-state index contributed by atoms with van der Waals surface area (Å²) in [5.74, 6) is -0.622. The lowest BCUT2D eigenvalue weighted by atomic mass is 10.1. The Morgan fingerprint density at radius 2 is 1.75 bits per heavy atom. The van der Waals surface area contributed by atoms with Gasteiger partial charge in [0.15, 0.2) is 0 Å². The third kappa shape index (κ3) is 3.58. The van der Waals surface area contributed by atoms with Gasteiger partial charge in [0.25, 0.3) is 0 Å². The molecule has 0 fully saturated rings. The van der Waals surface area contributed by atoms with Crippen LogP contribution in [0.4, 0.5) is 4.39 Å². The second kappa shape index (κ2) is 6.53. The Kier molecular flexibility index (Phi) is 4.74. The van der Waals surface area contributed by atoms with Crippen LogP contribution in [0, 0.1) is 5.82 Å². The predicted molar refractivity (Wildman–Crippen MR) is 78.0 cm³/mol. The minimum Gasteiger partial charge on any atom is -0.348 e. The summed E-state index contributed by atoms with van der Waals surface area (Å²) >= 11 is 6.13. The van der Waals surface area contributed by atoms with Gasteiger partial charge < -0.3 is 5.32 Å². The fourth-order valence-corrected chi connectivity index (χ4v) is 2.13. The number of alkyl halides is 1. The summed E-state index contributed by atoms with van der Waals surface area (Å²) in [5.41, 5.74) is 1.44. The fourth-order valence-electron chi connectivity index (χ4n) is 1.92. The van der Waals surface area contributed by atoms with E-state index < -0.39 is 5.38 Å². The molecule has 0 heterocycles. The maximum absolute atomic E-state index is 13.1. The van der Waals surface area contributed by atoms with Crippen molar-refractivity contribution < 1.29 is 9.18 Å². The summed E-state index contributed by atoms with van der Waals surface area (Å²) in [6.07, 6.45) is 0. The van der Waals surface area contributed by atoms with Gasteiger partial charge in [-0.25, -0.2) is 4.39 Å². The third-order valence-electron chi connectivity index (χ3n) is 3.03. The van der Waals surface area contributed by atoms with E-state index in [1.165, 1.54) is 12.1 Å². The number of halogens is 2. The topological polar surface area (TPSA) is 29.1 Å². The number of nitrogens with one attached hydrogen (secondary N) is 1. The molecule has 0 saturated heterocycles. The van der Waals surface area contributed by atoms with E-state index in [1.807, 2.05) is 18.2 Å². The normalized spacial score (nSPS) is 13.6. The first kappa shape index (κ1) is 14.5. The number of amides is 1. The van der Waals surface area contributed by atoms with Gasteiger partial charge in [0.05, 0.1) is 6.04 Å². The van der Waals surface area contributed by atoms with Gasteiger partial charge in [-0.1, -0.05) is 42.5 Å². The largest absolute Gasteiger partial charge is 0.348 e. The van der Waals surface area contributed by atoms with Gasteiger partial charge in [-0.05, 0) is 30.2 Å². The van der Waals surface area contributed by atoms with E-state index in [2.05, 4.69) is 5.32 Å². The van der Waals surface area contributed by atoms with Gasteiger partial charge in [0, 0.05) is 0 Å². The number of carbonyl (C=O) groups is 1. The van der Waals surface area contributed by atoms with Crippen molar-refractivity contribution in [2.24, 2.45) is 0 Å². The van der Waals surface area contributed by atoms with Crippen molar-refractivity contribution in [3.05, 3.63) is 71.5 Å². The minimum atomic E-state index is -0.757. The smallest absolute Gasteiger partial charge is 0.243 e. The molecule has 1 unspecified atom stereocenters. The van der Waals surface area contributed by atoms with Gasteiger partial charge in [0.1, 0.15) is 11.2 Å². The number of hydrogen-bond acceptors (Lipinski definition) is 1. The van der Waals surface area contributed by atoms with Gasteiger partial charge in [-0.3, -0.25) is 4.79 Å². The van der Waals surface area contributed by atoms with E-state index in [-0.39, 0.29) is 17.8 Å². The van der Waals surface area contributed by atoms with Crippen LogP contribution in [0.1, 0.15) is 29.5 Å². The van der Waals surface area contributed by atoms with Crippen LogP contribution >= 0.6 is 11.6 Å². The van der Waals surface area contributed by atoms with Crippen molar-refractivity contribution in [1.82, 2.24) is 5.32 Å². The van der Waals surface area contributed by atoms with E-state index in [9.17, 15) is 9.18 Å². The Morgan fingerprint density at radius 3 is 2.40 bits per heavy atom. The van der Waals surface area contributed by atoms with E-state index in [0.717, 1.165) is 5.56 Å². The third-order valence-corrected chi connectivity index (χ3v) is 3.48. The molecule has 0 aromatic heterocycles. The lowest BCUT2D eigenvalue weighted by Crippen LogP contribution is -2.29. The number of rotatable bonds is 4. The molecule has 0 aliphatic heterocycles. The molecule has 0 radical (unpaired) electrons. The standard InChI is InChI=1S/C16H15ClFNO/c1-11(13-8-5-9-14(18)10-13)19-16(20)15(17)12-6-3-2-4-7-12/h2-11,15H,1H3,(H,19,20)/t11-,15?/m0/s1. The van der Waals surface area contributed by atoms with E-state index in [1.54, 1.807) is 31.2 Å². The Labute approximate surface area is 122 Å². The fraction of sp³-hybridized carbons (Fsp3) is 0.188. The molecule has 2 aromatic rings. The van der Waals surface area contributed by atoms with Crippen LogP contribution in [0.15, 0.2) is 54.6 Å². The van der Waals surface area contributed by atoms with Crippen LogP contribution in [0.3, 0.4) is 0 Å². The molecule has 20 heavy (non-hydrogen) atoms. The molecule has 0 aliphatic carbocycles. The quantitative estimate of drug-likeness (QED) is 0.848. The highest BCUT2D eigenvalue weighted by atomic mass is 35.5. The molecule has 0 spiro atoms. The second-order valence-corrected chi connectivity index (χ2v) is 4.99. The van der Waals surface area contributed by atoms with Crippen LogP contribution in [0.5, 0.6) is 0 Å². The molecule has 1 amide bonds. The molecule has 0 bridgehead atoms. The highest BCUT2D eigenvalue weighted by Crippen LogP contribution is 2.22. The van der Waals surface area contributed by atoms with Crippen LogP contribution in [0.25, 0.3) is 0 Å². The van der Waals surface area contributed by atoms with E-state index >= 15 is 0 Å². The summed E-state index contributed by atoms with van der Waals surface area (Å²) in [7, 11) is 0. The zero-order valence-corrected chi connectivity index (χ0v) is 11.8. The predicted octanol–water partition coefficient (Wildman–Crippen LogP) is 3.98. The number of hydrogen-bond donors (Lipinski definition) is 1. The molecule has 0 aliphatic rings. The summed E-state index contributed by atoms with van der Waals surface area (Å²) in [6.45, 7) is 1.79. The van der Waals surface area contributed by atoms with Gasteiger partial charge in [0.2, 0.25) is 5.91 Å². The molecule has 104 valence electrons. The molecular weight excluding hydrogens is 277 g/mol. The maximum Gasteiger partial charge on any atom is 0.243 e. The molecule has 2 aromatic carbocycles.